The van der Waals surface area contributed by atoms with Gasteiger partial charge in [0, 0.05) is 11.6 Å². The number of anilines is 1. The van der Waals surface area contributed by atoms with Gasteiger partial charge in [0.2, 0.25) is 0 Å². The number of hydrogen-bond acceptors (Lipinski definition) is 2. The summed E-state index contributed by atoms with van der Waals surface area (Å²) >= 11 is 11.9. The number of halogens is 2. The van der Waals surface area contributed by atoms with Crippen molar-refractivity contribution in [3.63, 3.8) is 0 Å². The fourth-order valence-electron chi connectivity index (χ4n) is 1.39. The maximum Gasteiger partial charge on any atom is 0.0814 e. The summed E-state index contributed by atoms with van der Waals surface area (Å²) in [5.41, 5.74) is 0.0699. The molecule has 0 heterocycles. The van der Waals surface area contributed by atoms with Gasteiger partial charge in [0.25, 0.3) is 0 Å². The Bertz CT molecular complexity index is 351. The average Bonchev–Trinajstić information content (AvgIpc) is 2.30. The fourth-order valence-corrected chi connectivity index (χ4v) is 1.75. The van der Waals surface area contributed by atoms with Gasteiger partial charge < -0.3 is 10.4 Å². The molecule has 0 aliphatic rings. The van der Waals surface area contributed by atoms with Crippen molar-refractivity contribution in [2.75, 3.05) is 11.9 Å². The molecule has 0 saturated heterocycles. The van der Waals surface area contributed by atoms with Crippen molar-refractivity contribution in [2.24, 2.45) is 0 Å². The van der Waals surface area contributed by atoms with E-state index in [4.69, 9.17) is 23.2 Å². The normalized spacial score (nSPS) is 11.6. The molecule has 0 amide bonds. The van der Waals surface area contributed by atoms with Crippen LogP contribution in [0.3, 0.4) is 0 Å². The van der Waals surface area contributed by atoms with Gasteiger partial charge in [-0.05, 0) is 31.0 Å². The smallest absolute Gasteiger partial charge is 0.0814 e. The van der Waals surface area contributed by atoms with Crippen LogP contribution in [-0.2, 0) is 0 Å². The third kappa shape index (κ3) is 3.55. The number of rotatable bonds is 5. The molecule has 0 aromatic heterocycles. The molecule has 0 fully saturated rings. The maximum atomic E-state index is 10.1. The summed E-state index contributed by atoms with van der Waals surface area (Å²) < 4.78 is 0. The summed E-state index contributed by atoms with van der Waals surface area (Å²) in [6.07, 6.45) is 1.41. The lowest BCUT2D eigenvalue weighted by atomic mass is 9.97. The second-order valence-electron chi connectivity index (χ2n) is 3.91. The van der Waals surface area contributed by atoms with Gasteiger partial charge in [-0.15, -0.1) is 0 Å². The zero-order chi connectivity index (χ0) is 12.2. The Balaban J connectivity index is 2.70. The average molecular weight is 262 g/mol. The molecule has 0 spiro atoms. The third-order valence-corrected chi connectivity index (χ3v) is 3.42. The molecular weight excluding hydrogens is 245 g/mol. The van der Waals surface area contributed by atoms with Crippen molar-refractivity contribution in [2.45, 2.75) is 32.3 Å². The summed E-state index contributed by atoms with van der Waals surface area (Å²) in [5.74, 6) is 0. The highest BCUT2D eigenvalue weighted by Crippen LogP contribution is 2.26. The maximum absolute atomic E-state index is 10.1. The van der Waals surface area contributed by atoms with Crippen molar-refractivity contribution in [3.05, 3.63) is 28.2 Å². The van der Waals surface area contributed by atoms with E-state index >= 15 is 0 Å². The van der Waals surface area contributed by atoms with E-state index in [-0.39, 0.29) is 0 Å². The predicted octanol–water partition coefficient (Wildman–Crippen LogP) is 3.96. The Kier molecular flexibility index (Phi) is 4.90. The second-order valence-corrected chi connectivity index (χ2v) is 4.75. The van der Waals surface area contributed by atoms with Gasteiger partial charge in [-0.2, -0.15) is 0 Å². The largest absolute Gasteiger partial charge is 0.388 e. The highest BCUT2D eigenvalue weighted by Gasteiger charge is 2.21. The van der Waals surface area contributed by atoms with E-state index < -0.39 is 5.60 Å². The number of nitrogens with one attached hydrogen (secondary N) is 1. The molecule has 0 saturated carbocycles. The quantitative estimate of drug-likeness (QED) is 0.841. The zero-order valence-electron chi connectivity index (χ0n) is 9.56. The molecule has 1 aromatic carbocycles. The van der Waals surface area contributed by atoms with Crippen LogP contribution in [0.1, 0.15) is 26.7 Å². The highest BCUT2D eigenvalue weighted by atomic mass is 35.5. The lowest BCUT2D eigenvalue weighted by molar-refractivity contribution is 0.0457. The van der Waals surface area contributed by atoms with E-state index in [0.717, 1.165) is 5.69 Å². The minimum atomic E-state index is -0.689. The molecule has 1 rings (SSSR count). The highest BCUT2D eigenvalue weighted by molar-refractivity contribution is 6.35. The van der Waals surface area contributed by atoms with Crippen molar-refractivity contribution in [1.82, 2.24) is 0 Å². The van der Waals surface area contributed by atoms with E-state index in [1.165, 1.54) is 0 Å². The minimum Gasteiger partial charge on any atom is -0.388 e. The molecular formula is C12H17Cl2NO. The summed E-state index contributed by atoms with van der Waals surface area (Å²) in [7, 11) is 0. The summed E-state index contributed by atoms with van der Waals surface area (Å²) in [6, 6.07) is 5.24. The van der Waals surface area contributed by atoms with Crippen molar-refractivity contribution < 1.29 is 5.11 Å². The molecule has 90 valence electrons. The summed E-state index contributed by atoms with van der Waals surface area (Å²) in [5, 5.41) is 14.5. The molecule has 0 aliphatic heterocycles. The molecule has 1 aromatic rings. The molecule has 0 unspecified atom stereocenters. The van der Waals surface area contributed by atoms with Crippen LogP contribution in [0.2, 0.25) is 10.0 Å². The Morgan fingerprint density at radius 2 is 1.88 bits per heavy atom. The van der Waals surface area contributed by atoms with Gasteiger partial charge >= 0.3 is 0 Å². The topological polar surface area (TPSA) is 32.3 Å². The lowest BCUT2D eigenvalue weighted by Crippen LogP contribution is -2.35. The van der Waals surface area contributed by atoms with Crippen LogP contribution in [0.4, 0.5) is 5.69 Å². The molecule has 4 heteroatoms. The first-order valence-electron chi connectivity index (χ1n) is 5.42. The van der Waals surface area contributed by atoms with Gasteiger partial charge in [0.05, 0.1) is 16.3 Å². The van der Waals surface area contributed by atoms with Gasteiger partial charge in [0.1, 0.15) is 0 Å². The SMILES string of the molecule is CCC(O)(CC)CNc1cc(Cl)ccc1Cl. The Labute approximate surface area is 107 Å². The molecule has 0 atom stereocenters. The number of hydrogen-bond donors (Lipinski definition) is 2. The Hall–Kier alpha value is -0.440. The standard InChI is InChI=1S/C12H17Cl2NO/c1-3-12(16,4-2)8-15-11-7-9(13)5-6-10(11)14/h5-7,15-16H,3-4,8H2,1-2H3. The number of aliphatic hydroxyl groups is 1. The van der Waals surface area contributed by atoms with Crippen LogP contribution in [0.25, 0.3) is 0 Å². The van der Waals surface area contributed by atoms with E-state index in [2.05, 4.69) is 5.32 Å². The van der Waals surface area contributed by atoms with Crippen LogP contribution in [0, 0.1) is 0 Å². The third-order valence-electron chi connectivity index (χ3n) is 2.85. The van der Waals surface area contributed by atoms with Gasteiger partial charge in [-0.25, -0.2) is 0 Å². The summed E-state index contributed by atoms with van der Waals surface area (Å²) in [4.78, 5) is 0. The van der Waals surface area contributed by atoms with Gasteiger partial charge in [-0.1, -0.05) is 37.0 Å². The van der Waals surface area contributed by atoms with Crippen LogP contribution >= 0.6 is 23.2 Å². The zero-order valence-corrected chi connectivity index (χ0v) is 11.1. The molecule has 0 radical (unpaired) electrons. The molecule has 16 heavy (non-hydrogen) atoms. The number of benzene rings is 1. The van der Waals surface area contributed by atoms with E-state index in [1.54, 1.807) is 18.2 Å². The molecule has 2 nitrogen and oxygen atoms in total. The predicted molar refractivity (Wildman–Crippen MR) is 70.5 cm³/mol. The summed E-state index contributed by atoms with van der Waals surface area (Å²) in [6.45, 7) is 4.40. The van der Waals surface area contributed by atoms with E-state index in [9.17, 15) is 5.11 Å². The minimum absolute atomic E-state index is 0.472. The van der Waals surface area contributed by atoms with Gasteiger partial charge in [-0.3, -0.25) is 0 Å². The van der Waals surface area contributed by atoms with Crippen molar-refractivity contribution >= 4 is 28.9 Å². The van der Waals surface area contributed by atoms with Crippen LogP contribution < -0.4 is 5.32 Å². The first-order valence-corrected chi connectivity index (χ1v) is 6.17. The fraction of sp³-hybridized carbons (Fsp3) is 0.500. The van der Waals surface area contributed by atoms with Gasteiger partial charge in [0.15, 0.2) is 0 Å². The second kappa shape index (κ2) is 5.76. The van der Waals surface area contributed by atoms with Crippen LogP contribution in [0.15, 0.2) is 18.2 Å². The van der Waals surface area contributed by atoms with Crippen LogP contribution in [0.5, 0.6) is 0 Å². The first-order chi connectivity index (χ1) is 7.50. The van der Waals surface area contributed by atoms with E-state index in [0.29, 0.717) is 29.4 Å². The van der Waals surface area contributed by atoms with E-state index in [1.807, 2.05) is 13.8 Å². The van der Waals surface area contributed by atoms with Crippen molar-refractivity contribution in [1.29, 1.82) is 0 Å². The lowest BCUT2D eigenvalue weighted by Gasteiger charge is -2.26. The first kappa shape index (κ1) is 13.6. The Morgan fingerprint density at radius 1 is 1.25 bits per heavy atom. The molecule has 0 bridgehead atoms. The molecule has 2 N–H and O–H groups in total. The van der Waals surface area contributed by atoms with Crippen LogP contribution in [-0.4, -0.2) is 17.3 Å². The Morgan fingerprint density at radius 3 is 2.44 bits per heavy atom. The molecule has 0 aliphatic carbocycles. The monoisotopic (exact) mass is 261 g/mol. The van der Waals surface area contributed by atoms with Crippen molar-refractivity contribution in [3.8, 4) is 0 Å².